The van der Waals surface area contributed by atoms with Gasteiger partial charge in [-0.25, -0.2) is 13.2 Å². The van der Waals surface area contributed by atoms with E-state index in [1.165, 1.54) is 41.4 Å². The van der Waals surface area contributed by atoms with E-state index in [9.17, 15) is 32.7 Å². The molecule has 238 valence electrons. The summed E-state index contributed by atoms with van der Waals surface area (Å²) in [6.45, 7) is 1.27. The predicted molar refractivity (Wildman–Crippen MR) is 171 cm³/mol. The predicted octanol–water partition coefficient (Wildman–Crippen LogP) is 4.79. The van der Waals surface area contributed by atoms with Crippen molar-refractivity contribution in [3.05, 3.63) is 135 Å². The molecule has 3 aromatic carbocycles. The van der Waals surface area contributed by atoms with Crippen LogP contribution in [-0.2, 0) is 22.6 Å². The zero-order valence-corrected chi connectivity index (χ0v) is 25.4. The Morgan fingerprint density at radius 1 is 0.870 bits per heavy atom. The SMILES string of the molecule is CN(C)c1ccc(N2CCN(C(=O)C(=O)C=C(O)c3cc(Cc4c(F)cccc4F)cn(Cc4ccccc4F)c3=O)CC2)cc1. The monoisotopic (exact) mass is 630 g/mol. The number of halogens is 3. The van der Waals surface area contributed by atoms with E-state index < -0.39 is 40.5 Å². The largest absolute Gasteiger partial charge is 0.507 e. The van der Waals surface area contributed by atoms with Gasteiger partial charge in [-0.1, -0.05) is 24.3 Å². The average molecular weight is 631 g/mol. The van der Waals surface area contributed by atoms with Crippen LogP contribution < -0.4 is 15.4 Å². The molecule has 1 aliphatic heterocycles. The smallest absolute Gasteiger partial charge is 0.294 e. The van der Waals surface area contributed by atoms with Crippen LogP contribution in [0.15, 0.2) is 89.9 Å². The third-order valence-electron chi connectivity index (χ3n) is 7.94. The van der Waals surface area contributed by atoms with Crippen LogP contribution in [0, 0.1) is 17.5 Å². The number of aromatic nitrogens is 1. The molecular formula is C35H33F3N4O4. The molecule has 0 unspecified atom stereocenters. The van der Waals surface area contributed by atoms with Gasteiger partial charge in [0.1, 0.15) is 23.2 Å². The molecule has 0 bridgehead atoms. The van der Waals surface area contributed by atoms with E-state index in [0.717, 1.165) is 28.1 Å². The molecule has 8 nitrogen and oxygen atoms in total. The van der Waals surface area contributed by atoms with Crippen molar-refractivity contribution in [2.75, 3.05) is 50.1 Å². The number of rotatable bonds is 9. The topological polar surface area (TPSA) is 86.1 Å². The average Bonchev–Trinajstić information content (AvgIpc) is 3.05. The second-order valence-electron chi connectivity index (χ2n) is 11.2. The lowest BCUT2D eigenvalue weighted by Crippen LogP contribution is -2.50. The van der Waals surface area contributed by atoms with Gasteiger partial charge in [0.25, 0.3) is 11.5 Å². The van der Waals surface area contributed by atoms with Crippen LogP contribution in [0.3, 0.4) is 0 Å². The Labute approximate surface area is 264 Å². The van der Waals surface area contributed by atoms with E-state index in [1.54, 1.807) is 6.07 Å². The number of amides is 1. The van der Waals surface area contributed by atoms with Crippen molar-refractivity contribution in [1.29, 1.82) is 0 Å². The molecule has 5 rings (SSSR count). The number of benzene rings is 3. The fourth-order valence-corrected chi connectivity index (χ4v) is 5.36. The molecule has 0 spiro atoms. The molecular weight excluding hydrogens is 597 g/mol. The highest BCUT2D eigenvalue weighted by atomic mass is 19.1. The van der Waals surface area contributed by atoms with E-state index in [1.807, 2.05) is 43.3 Å². The van der Waals surface area contributed by atoms with Gasteiger partial charge in [0.05, 0.1) is 12.1 Å². The summed E-state index contributed by atoms with van der Waals surface area (Å²) in [6.07, 6.45) is 1.69. The first-order chi connectivity index (χ1) is 22.0. The van der Waals surface area contributed by atoms with Crippen LogP contribution in [0.5, 0.6) is 0 Å². The second-order valence-corrected chi connectivity index (χ2v) is 11.2. The van der Waals surface area contributed by atoms with Crippen LogP contribution in [0.2, 0.25) is 0 Å². The van der Waals surface area contributed by atoms with Crippen LogP contribution in [-0.4, -0.2) is 66.5 Å². The number of hydrogen-bond donors (Lipinski definition) is 1. The van der Waals surface area contributed by atoms with Gasteiger partial charge >= 0.3 is 0 Å². The Hall–Kier alpha value is -5.32. The molecule has 46 heavy (non-hydrogen) atoms. The summed E-state index contributed by atoms with van der Waals surface area (Å²) in [5, 5.41) is 10.9. The fourth-order valence-electron chi connectivity index (χ4n) is 5.36. The number of aliphatic hydroxyl groups is 1. The Balaban J connectivity index is 1.37. The molecule has 1 saturated heterocycles. The number of pyridine rings is 1. The third kappa shape index (κ3) is 7.14. The van der Waals surface area contributed by atoms with E-state index in [2.05, 4.69) is 4.90 Å². The first-order valence-corrected chi connectivity index (χ1v) is 14.7. The molecule has 0 aliphatic carbocycles. The summed E-state index contributed by atoms with van der Waals surface area (Å²) in [7, 11) is 3.90. The van der Waals surface area contributed by atoms with E-state index in [-0.39, 0.29) is 48.3 Å². The normalized spacial score (nSPS) is 13.5. The van der Waals surface area contributed by atoms with E-state index >= 15 is 0 Å². The van der Waals surface area contributed by atoms with Crippen molar-refractivity contribution in [2.24, 2.45) is 0 Å². The molecule has 4 aromatic rings. The zero-order valence-electron chi connectivity index (χ0n) is 25.4. The highest BCUT2D eigenvalue weighted by Gasteiger charge is 2.26. The molecule has 1 amide bonds. The van der Waals surface area contributed by atoms with Gasteiger partial charge in [-0.05, 0) is 54.1 Å². The third-order valence-corrected chi connectivity index (χ3v) is 7.94. The summed E-state index contributed by atoms with van der Waals surface area (Å²) >= 11 is 0. The lowest BCUT2D eigenvalue weighted by atomic mass is 10.0. The van der Waals surface area contributed by atoms with Gasteiger partial charge in [-0.15, -0.1) is 0 Å². The minimum Gasteiger partial charge on any atom is -0.507 e. The summed E-state index contributed by atoms with van der Waals surface area (Å²) in [5.41, 5.74) is 0.978. The molecule has 2 heterocycles. The van der Waals surface area contributed by atoms with Gasteiger partial charge in [-0.3, -0.25) is 14.4 Å². The van der Waals surface area contributed by atoms with E-state index in [4.69, 9.17) is 0 Å². The minimum absolute atomic E-state index is 0.160. The van der Waals surface area contributed by atoms with E-state index in [0.29, 0.717) is 19.2 Å². The van der Waals surface area contributed by atoms with Crippen LogP contribution in [0.4, 0.5) is 24.5 Å². The quantitative estimate of drug-likeness (QED) is 0.163. The molecule has 1 aromatic heterocycles. The first-order valence-electron chi connectivity index (χ1n) is 14.7. The lowest BCUT2D eigenvalue weighted by Gasteiger charge is -2.35. The Kier molecular flexibility index (Phi) is 9.60. The summed E-state index contributed by atoms with van der Waals surface area (Å²) in [4.78, 5) is 44.9. The van der Waals surface area contributed by atoms with Crippen LogP contribution in [0.25, 0.3) is 5.76 Å². The molecule has 0 radical (unpaired) electrons. The van der Waals surface area contributed by atoms with Crippen molar-refractivity contribution in [3.8, 4) is 0 Å². The fraction of sp³-hybridized carbons (Fsp3) is 0.229. The van der Waals surface area contributed by atoms with Gasteiger partial charge in [0, 0.05) is 81.5 Å². The van der Waals surface area contributed by atoms with Crippen LogP contribution >= 0.6 is 0 Å². The van der Waals surface area contributed by atoms with Crippen molar-refractivity contribution in [2.45, 2.75) is 13.0 Å². The van der Waals surface area contributed by atoms with Gasteiger partial charge in [0.15, 0.2) is 0 Å². The zero-order chi connectivity index (χ0) is 33.0. The summed E-state index contributed by atoms with van der Waals surface area (Å²) in [6, 6.07) is 18.4. The summed E-state index contributed by atoms with van der Waals surface area (Å²) in [5.74, 6) is -4.86. The standard InChI is InChI=1S/C35H33F3N4O4/c1-39(2)25-10-12-26(13-11-25)40-14-16-41(17-15-40)35(46)33(44)20-32(43)28-19-23(18-27-30(37)8-5-9-31(27)38)21-42(34(28)45)22-24-6-3-4-7-29(24)36/h3-13,19-21,43H,14-18,22H2,1-2H3. The molecule has 1 fully saturated rings. The maximum absolute atomic E-state index is 14.5. The maximum Gasteiger partial charge on any atom is 0.294 e. The van der Waals surface area contributed by atoms with Crippen molar-refractivity contribution < 1.29 is 27.9 Å². The number of nitrogens with zero attached hydrogens (tertiary/aromatic N) is 4. The highest BCUT2D eigenvalue weighted by molar-refractivity contribution is 6.41. The van der Waals surface area contributed by atoms with Gasteiger partial charge < -0.3 is 24.4 Å². The van der Waals surface area contributed by atoms with Gasteiger partial charge in [-0.2, -0.15) is 0 Å². The molecule has 0 saturated carbocycles. The van der Waals surface area contributed by atoms with Crippen molar-refractivity contribution >= 4 is 28.8 Å². The maximum atomic E-state index is 14.5. The number of anilines is 2. The molecule has 0 atom stereocenters. The molecule has 11 heteroatoms. The molecule has 1 N–H and O–H groups in total. The second kappa shape index (κ2) is 13.8. The number of ketones is 1. The molecule has 1 aliphatic rings. The number of carbonyl (C=O) groups is 2. The number of hydrogen-bond acceptors (Lipinski definition) is 6. The van der Waals surface area contributed by atoms with Crippen molar-refractivity contribution in [1.82, 2.24) is 9.47 Å². The first kappa shape index (κ1) is 32.1. The Morgan fingerprint density at radius 3 is 2.13 bits per heavy atom. The number of aliphatic hydroxyl groups excluding tert-OH is 1. The van der Waals surface area contributed by atoms with Gasteiger partial charge in [0.2, 0.25) is 5.78 Å². The lowest BCUT2D eigenvalue weighted by molar-refractivity contribution is -0.142. The Morgan fingerprint density at radius 2 is 1.50 bits per heavy atom. The minimum atomic E-state index is -1.04. The van der Waals surface area contributed by atoms with Crippen LogP contribution in [0.1, 0.15) is 22.3 Å². The number of piperazine rings is 1. The number of carbonyl (C=O) groups excluding carboxylic acids is 2. The van der Waals surface area contributed by atoms with Crippen molar-refractivity contribution in [3.63, 3.8) is 0 Å². The summed E-state index contributed by atoms with van der Waals surface area (Å²) < 4.78 is 44.5. The Bertz CT molecular complexity index is 1830. The highest BCUT2D eigenvalue weighted by Crippen LogP contribution is 2.22.